The van der Waals surface area contributed by atoms with Crippen molar-refractivity contribution in [1.82, 2.24) is 10.2 Å². The van der Waals surface area contributed by atoms with E-state index >= 15 is 0 Å². The molecule has 2 N–H and O–H groups in total. The summed E-state index contributed by atoms with van der Waals surface area (Å²) in [5, 5.41) is 7.20. The normalized spacial score (nSPS) is 18.4. The minimum absolute atomic E-state index is 0.184. The summed E-state index contributed by atoms with van der Waals surface area (Å²) < 4.78 is 0. The summed E-state index contributed by atoms with van der Waals surface area (Å²) in [7, 11) is 0. The number of anilines is 1. The number of amides is 1. The fraction of sp³-hybridized carbons (Fsp3) is 0.259. The molecule has 3 aromatic carbocycles. The second-order valence-corrected chi connectivity index (χ2v) is 8.42. The lowest BCUT2D eigenvalue weighted by Crippen LogP contribution is -2.50. The zero-order chi connectivity index (χ0) is 21.8. The molecule has 2 aliphatic heterocycles. The van der Waals surface area contributed by atoms with Gasteiger partial charge in [-0.1, -0.05) is 78.9 Å². The Balaban J connectivity index is 1.23. The maximum atomic E-state index is 12.7. The number of para-hydroxylation sites is 1. The second-order valence-electron chi connectivity index (χ2n) is 8.42. The van der Waals surface area contributed by atoms with Gasteiger partial charge in [0.05, 0.1) is 12.1 Å². The molecule has 5 rings (SSSR count). The van der Waals surface area contributed by atoms with Crippen molar-refractivity contribution >= 4 is 17.3 Å². The molecule has 0 spiro atoms. The standard InChI is InChI=1S/C27H28N4O/c32-25(19-20-9-3-1-4-10-20)31-17-15-22(16-18-31)28-27-29-24-14-8-7-13-23(24)26(30-27)21-11-5-2-6-12-21/h1-14,22,27-29H,15-19H2. The van der Waals surface area contributed by atoms with Crippen molar-refractivity contribution in [2.75, 3.05) is 18.4 Å². The largest absolute Gasteiger partial charge is 0.351 e. The van der Waals surface area contributed by atoms with E-state index in [-0.39, 0.29) is 12.2 Å². The molecule has 3 aromatic rings. The summed E-state index contributed by atoms with van der Waals surface area (Å²) >= 11 is 0. The predicted molar refractivity (Wildman–Crippen MR) is 129 cm³/mol. The number of carbonyl (C=O) groups excluding carboxylic acids is 1. The minimum Gasteiger partial charge on any atom is -0.351 e. The van der Waals surface area contributed by atoms with Crippen LogP contribution >= 0.6 is 0 Å². The van der Waals surface area contributed by atoms with E-state index in [0.29, 0.717) is 12.5 Å². The van der Waals surface area contributed by atoms with Crippen LogP contribution in [0.15, 0.2) is 89.9 Å². The molecular formula is C27H28N4O. The first-order valence-electron chi connectivity index (χ1n) is 11.3. The Hall–Kier alpha value is -3.44. The molecule has 0 radical (unpaired) electrons. The maximum absolute atomic E-state index is 12.7. The van der Waals surface area contributed by atoms with Crippen molar-refractivity contribution in [3.8, 4) is 0 Å². The monoisotopic (exact) mass is 424 g/mol. The first-order chi connectivity index (χ1) is 15.8. The van der Waals surface area contributed by atoms with Gasteiger partial charge in [-0.25, -0.2) is 4.99 Å². The summed E-state index contributed by atoms with van der Waals surface area (Å²) in [4.78, 5) is 19.7. The molecule has 0 aromatic heterocycles. The van der Waals surface area contributed by atoms with Crippen molar-refractivity contribution in [1.29, 1.82) is 0 Å². The van der Waals surface area contributed by atoms with Gasteiger partial charge in [-0.3, -0.25) is 10.1 Å². The van der Waals surface area contributed by atoms with Gasteiger partial charge in [-0.15, -0.1) is 0 Å². The van der Waals surface area contributed by atoms with Crippen LogP contribution in [0.3, 0.4) is 0 Å². The lowest BCUT2D eigenvalue weighted by Gasteiger charge is -2.35. The van der Waals surface area contributed by atoms with E-state index in [9.17, 15) is 4.79 Å². The van der Waals surface area contributed by atoms with Gasteiger partial charge < -0.3 is 10.2 Å². The molecule has 32 heavy (non-hydrogen) atoms. The molecule has 1 fully saturated rings. The quantitative estimate of drug-likeness (QED) is 0.650. The number of aliphatic imine (C=N–C) groups is 1. The number of nitrogens with zero attached hydrogens (tertiary/aromatic N) is 2. The van der Waals surface area contributed by atoms with Crippen LogP contribution in [0.4, 0.5) is 5.69 Å². The molecule has 162 valence electrons. The lowest BCUT2D eigenvalue weighted by molar-refractivity contribution is -0.131. The van der Waals surface area contributed by atoms with E-state index in [1.54, 1.807) is 0 Å². The fourth-order valence-corrected chi connectivity index (χ4v) is 4.50. The van der Waals surface area contributed by atoms with Crippen LogP contribution in [0.2, 0.25) is 0 Å². The number of carbonyl (C=O) groups is 1. The number of likely N-dealkylation sites (tertiary alicyclic amines) is 1. The number of rotatable bonds is 5. The van der Waals surface area contributed by atoms with Gasteiger partial charge in [-0.2, -0.15) is 0 Å². The lowest BCUT2D eigenvalue weighted by atomic mass is 9.99. The van der Waals surface area contributed by atoms with E-state index in [4.69, 9.17) is 4.99 Å². The summed E-state index contributed by atoms with van der Waals surface area (Å²) in [6, 6.07) is 29.0. The van der Waals surface area contributed by atoms with E-state index < -0.39 is 0 Å². The number of piperidine rings is 1. The highest BCUT2D eigenvalue weighted by molar-refractivity contribution is 6.16. The molecular weight excluding hydrogens is 396 g/mol. The first kappa shape index (κ1) is 20.5. The highest BCUT2D eigenvalue weighted by atomic mass is 16.2. The molecule has 2 aliphatic rings. The minimum atomic E-state index is -0.184. The Bertz CT molecular complexity index is 1090. The van der Waals surface area contributed by atoms with Crippen molar-refractivity contribution < 1.29 is 4.79 Å². The van der Waals surface area contributed by atoms with Crippen molar-refractivity contribution in [2.45, 2.75) is 31.6 Å². The average Bonchev–Trinajstić information content (AvgIpc) is 2.85. The molecule has 1 amide bonds. The maximum Gasteiger partial charge on any atom is 0.226 e. The Morgan fingerprint density at radius 2 is 1.56 bits per heavy atom. The van der Waals surface area contributed by atoms with Gasteiger partial charge >= 0.3 is 0 Å². The van der Waals surface area contributed by atoms with Crippen LogP contribution in [0.5, 0.6) is 0 Å². The molecule has 0 aliphatic carbocycles. The van der Waals surface area contributed by atoms with E-state index in [1.807, 2.05) is 59.5 Å². The summed E-state index contributed by atoms with van der Waals surface area (Å²) in [6.45, 7) is 1.56. The van der Waals surface area contributed by atoms with Gasteiger partial charge in [0.1, 0.15) is 0 Å². The molecule has 0 bridgehead atoms. The van der Waals surface area contributed by atoms with Crippen LogP contribution < -0.4 is 10.6 Å². The van der Waals surface area contributed by atoms with E-state index in [0.717, 1.165) is 54.0 Å². The number of hydrogen-bond donors (Lipinski definition) is 2. The number of hydrogen-bond acceptors (Lipinski definition) is 4. The average molecular weight is 425 g/mol. The Morgan fingerprint density at radius 1 is 0.906 bits per heavy atom. The molecule has 2 heterocycles. The summed E-state index contributed by atoms with van der Waals surface area (Å²) in [5.74, 6) is 0.212. The third kappa shape index (κ3) is 4.58. The van der Waals surface area contributed by atoms with Gasteiger partial charge in [0, 0.05) is 35.9 Å². The Kier molecular flexibility index (Phi) is 5.99. The molecule has 5 nitrogen and oxygen atoms in total. The summed E-state index contributed by atoms with van der Waals surface area (Å²) in [5.41, 5.74) is 5.42. The first-order valence-corrected chi connectivity index (χ1v) is 11.3. The van der Waals surface area contributed by atoms with Crippen molar-refractivity contribution in [3.05, 3.63) is 102 Å². The van der Waals surface area contributed by atoms with Crippen LogP contribution in [0.25, 0.3) is 0 Å². The predicted octanol–water partition coefficient (Wildman–Crippen LogP) is 4.06. The van der Waals surface area contributed by atoms with E-state index in [2.05, 4.69) is 41.0 Å². The van der Waals surface area contributed by atoms with Gasteiger partial charge in [0.25, 0.3) is 0 Å². The zero-order valence-electron chi connectivity index (χ0n) is 18.1. The third-order valence-electron chi connectivity index (χ3n) is 6.22. The fourth-order valence-electron chi connectivity index (χ4n) is 4.50. The zero-order valence-corrected chi connectivity index (χ0v) is 18.1. The van der Waals surface area contributed by atoms with Gasteiger partial charge in [-0.05, 0) is 24.5 Å². The molecule has 1 unspecified atom stereocenters. The van der Waals surface area contributed by atoms with Gasteiger partial charge in [0.2, 0.25) is 5.91 Å². The van der Waals surface area contributed by atoms with Gasteiger partial charge in [0.15, 0.2) is 6.29 Å². The van der Waals surface area contributed by atoms with E-state index in [1.165, 1.54) is 0 Å². The summed E-state index contributed by atoms with van der Waals surface area (Å²) in [6.07, 6.45) is 2.15. The van der Waals surface area contributed by atoms with Crippen molar-refractivity contribution in [3.63, 3.8) is 0 Å². The third-order valence-corrected chi connectivity index (χ3v) is 6.22. The number of nitrogens with one attached hydrogen (secondary N) is 2. The van der Waals surface area contributed by atoms with Crippen molar-refractivity contribution in [2.24, 2.45) is 4.99 Å². The smallest absolute Gasteiger partial charge is 0.226 e. The molecule has 5 heteroatoms. The second kappa shape index (κ2) is 9.37. The Labute approximate surface area is 189 Å². The highest BCUT2D eigenvalue weighted by Gasteiger charge is 2.27. The number of benzene rings is 3. The van der Waals surface area contributed by atoms with Crippen LogP contribution in [0, 0.1) is 0 Å². The highest BCUT2D eigenvalue weighted by Crippen LogP contribution is 2.25. The van der Waals surface area contributed by atoms with Crippen LogP contribution in [0.1, 0.15) is 29.5 Å². The molecule has 1 atom stereocenters. The number of fused-ring (bicyclic) bond motifs is 1. The van der Waals surface area contributed by atoms with Crippen LogP contribution in [-0.2, 0) is 11.2 Å². The molecule has 0 saturated carbocycles. The topological polar surface area (TPSA) is 56.7 Å². The Morgan fingerprint density at radius 3 is 2.31 bits per heavy atom. The van der Waals surface area contributed by atoms with Crippen LogP contribution in [-0.4, -0.2) is 41.9 Å². The molecule has 1 saturated heterocycles. The SMILES string of the molecule is O=C(Cc1ccccc1)N1CCC(NC2N=C(c3ccccc3)c3ccccc3N2)CC1.